The number of halogens is 2. The summed E-state index contributed by atoms with van der Waals surface area (Å²) in [6.07, 6.45) is -0.738. The summed E-state index contributed by atoms with van der Waals surface area (Å²) in [5, 5.41) is 1.13. The first kappa shape index (κ1) is 28.0. The molecule has 0 fully saturated rings. The Kier molecular flexibility index (Phi) is 10.1. The molecule has 1 atom stereocenters. The molecule has 1 aliphatic rings. The molecule has 0 N–H and O–H groups in total. The molecule has 202 valence electrons. The van der Waals surface area contributed by atoms with Crippen LogP contribution in [0.2, 0.25) is 10.0 Å². The van der Waals surface area contributed by atoms with Gasteiger partial charge in [0.1, 0.15) is 30.0 Å². The Bertz CT molecular complexity index is 1160. The van der Waals surface area contributed by atoms with Crippen molar-refractivity contribution in [2.45, 2.75) is 32.5 Å². The highest BCUT2D eigenvalue weighted by Gasteiger charge is 2.26. The summed E-state index contributed by atoms with van der Waals surface area (Å²) in [5.74, 6) is 1.56. The van der Waals surface area contributed by atoms with Crippen LogP contribution in [0.5, 0.6) is 17.2 Å². The number of esters is 1. The molecule has 0 saturated heterocycles. The fourth-order valence-corrected chi connectivity index (χ4v) is 4.48. The number of carbonyl (C=O) groups excluding carboxylic acids is 1. The van der Waals surface area contributed by atoms with Crippen molar-refractivity contribution in [3.05, 3.63) is 87.4 Å². The van der Waals surface area contributed by atoms with Crippen molar-refractivity contribution in [3.8, 4) is 17.2 Å². The molecule has 3 aromatic carbocycles. The molecule has 0 bridgehead atoms. The van der Waals surface area contributed by atoms with Crippen LogP contribution >= 0.6 is 23.2 Å². The van der Waals surface area contributed by atoms with Crippen molar-refractivity contribution in [3.63, 3.8) is 0 Å². The molecule has 0 aliphatic carbocycles. The first-order valence-corrected chi connectivity index (χ1v) is 13.2. The molecular formula is C29H30Cl2O7. The van der Waals surface area contributed by atoms with E-state index in [0.717, 1.165) is 16.7 Å². The number of ether oxygens (including phenoxy) is 6. The van der Waals surface area contributed by atoms with Gasteiger partial charge in [-0.1, -0.05) is 35.3 Å². The zero-order valence-electron chi connectivity index (χ0n) is 21.3. The first-order chi connectivity index (χ1) is 18.5. The minimum atomic E-state index is -0.635. The third kappa shape index (κ3) is 7.32. The van der Waals surface area contributed by atoms with Crippen LogP contribution in [-0.2, 0) is 25.4 Å². The van der Waals surface area contributed by atoms with Gasteiger partial charge in [-0.05, 0) is 67.9 Å². The summed E-state index contributed by atoms with van der Waals surface area (Å²) < 4.78 is 34.4. The standard InChI is InChI=1S/C29H30Cl2O7/c1-3-33-27(29(32)34-4-2)15-19-5-9-22(10-6-19)35-13-14-36-28-23-16-20(30)7-11-25(23)37-18-38-26-12-8-21(31)17-24(26)28/h5-12,16-17,27-28H,3-4,13-15,18H2,1-2H3. The van der Waals surface area contributed by atoms with E-state index in [1.807, 2.05) is 43.3 Å². The van der Waals surface area contributed by atoms with Gasteiger partial charge in [0, 0.05) is 34.2 Å². The van der Waals surface area contributed by atoms with Crippen LogP contribution in [0.1, 0.15) is 36.6 Å². The van der Waals surface area contributed by atoms with E-state index in [1.165, 1.54) is 0 Å². The predicted octanol–water partition coefficient (Wildman–Crippen LogP) is 6.42. The van der Waals surface area contributed by atoms with Crippen LogP contribution < -0.4 is 14.2 Å². The molecule has 9 heteroatoms. The lowest BCUT2D eigenvalue weighted by molar-refractivity contribution is -0.156. The summed E-state index contributed by atoms with van der Waals surface area (Å²) in [5.41, 5.74) is 2.50. The van der Waals surface area contributed by atoms with Crippen molar-refractivity contribution in [2.24, 2.45) is 0 Å². The minimum Gasteiger partial charge on any atom is -0.491 e. The Morgan fingerprint density at radius 2 is 1.53 bits per heavy atom. The Labute approximate surface area is 232 Å². The zero-order chi connectivity index (χ0) is 26.9. The topological polar surface area (TPSA) is 72.5 Å². The number of rotatable bonds is 11. The van der Waals surface area contributed by atoms with E-state index in [-0.39, 0.29) is 19.4 Å². The van der Waals surface area contributed by atoms with Crippen LogP contribution in [0.25, 0.3) is 0 Å². The number of benzene rings is 3. The zero-order valence-corrected chi connectivity index (χ0v) is 22.8. The maximum absolute atomic E-state index is 12.1. The quantitative estimate of drug-likeness (QED) is 0.198. The van der Waals surface area contributed by atoms with Crippen molar-refractivity contribution in [1.82, 2.24) is 0 Å². The van der Waals surface area contributed by atoms with Gasteiger partial charge in [0.05, 0.1) is 13.2 Å². The lowest BCUT2D eigenvalue weighted by Crippen LogP contribution is -2.28. The maximum Gasteiger partial charge on any atom is 0.335 e. The van der Waals surface area contributed by atoms with Crippen LogP contribution in [0, 0.1) is 0 Å². The highest BCUT2D eigenvalue weighted by molar-refractivity contribution is 6.31. The van der Waals surface area contributed by atoms with Gasteiger partial charge in [0.15, 0.2) is 6.10 Å². The number of carbonyl (C=O) groups is 1. The average Bonchev–Trinajstić information content (AvgIpc) is 2.90. The summed E-state index contributed by atoms with van der Waals surface area (Å²) in [6, 6.07) is 18.3. The van der Waals surface area contributed by atoms with E-state index in [2.05, 4.69) is 0 Å². The van der Waals surface area contributed by atoms with E-state index in [9.17, 15) is 4.79 Å². The molecular weight excluding hydrogens is 531 g/mol. The van der Waals surface area contributed by atoms with E-state index in [1.54, 1.807) is 31.2 Å². The normalized spacial score (nSPS) is 13.7. The molecule has 0 radical (unpaired) electrons. The molecule has 0 aromatic heterocycles. The number of hydrogen-bond acceptors (Lipinski definition) is 7. The Morgan fingerprint density at radius 1 is 0.895 bits per heavy atom. The van der Waals surface area contributed by atoms with Gasteiger partial charge in [-0.2, -0.15) is 0 Å². The van der Waals surface area contributed by atoms with Crippen LogP contribution in [0.3, 0.4) is 0 Å². The first-order valence-electron chi connectivity index (χ1n) is 12.4. The van der Waals surface area contributed by atoms with Gasteiger partial charge in [-0.15, -0.1) is 0 Å². The summed E-state index contributed by atoms with van der Waals surface area (Å²) in [6.45, 7) is 5.00. The monoisotopic (exact) mass is 560 g/mol. The summed E-state index contributed by atoms with van der Waals surface area (Å²) in [7, 11) is 0. The number of fused-ring (bicyclic) bond motifs is 2. The Balaban J connectivity index is 1.40. The summed E-state index contributed by atoms with van der Waals surface area (Å²) in [4.78, 5) is 12.1. The van der Waals surface area contributed by atoms with Gasteiger partial charge in [-0.3, -0.25) is 0 Å². The van der Waals surface area contributed by atoms with Crippen LogP contribution in [-0.4, -0.2) is 45.3 Å². The fourth-order valence-electron chi connectivity index (χ4n) is 4.12. The fraction of sp³-hybridized carbons (Fsp3) is 0.345. The third-order valence-corrected chi connectivity index (χ3v) is 6.31. The third-order valence-electron chi connectivity index (χ3n) is 5.84. The second kappa shape index (κ2) is 13.7. The molecule has 4 rings (SSSR count). The molecule has 1 aliphatic heterocycles. The van der Waals surface area contributed by atoms with Crippen LogP contribution in [0.15, 0.2) is 60.7 Å². The van der Waals surface area contributed by atoms with Gasteiger partial charge < -0.3 is 28.4 Å². The number of hydrogen-bond donors (Lipinski definition) is 0. The molecule has 38 heavy (non-hydrogen) atoms. The molecule has 3 aromatic rings. The smallest absolute Gasteiger partial charge is 0.335 e. The molecule has 1 unspecified atom stereocenters. The highest BCUT2D eigenvalue weighted by Crippen LogP contribution is 2.41. The van der Waals surface area contributed by atoms with Crippen LogP contribution in [0.4, 0.5) is 0 Å². The summed E-state index contributed by atoms with van der Waals surface area (Å²) >= 11 is 12.6. The lowest BCUT2D eigenvalue weighted by Gasteiger charge is -2.26. The Hall–Kier alpha value is -2.97. The van der Waals surface area contributed by atoms with E-state index >= 15 is 0 Å². The highest BCUT2D eigenvalue weighted by atomic mass is 35.5. The predicted molar refractivity (Wildman–Crippen MR) is 145 cm³/mol. The van der Waals surface area contributed by atoms with Gasteiger partial charge >= 0.3 is 5.97 Å². The second-order valence-corrected chi connectivity index (χ2v) is 9.29. The van der Waals surface area contributed by atoms with E-state index in [4.69, 9.17) is 51.6 Å². The molecule has 7 nitrogen and oxygen atoms in total. The SMILES string of the molecule is CCOC(=O)C(Cc1ccc(OCCOC2c3cc(Cl)ccc3OCOc3ccc(Cl)cc32)cc1)OCC. The van der Waals surface area contributed by atoms with Gasteiger partial charge in [-0.25, -0.2) is 4.79 Å². The molecule has 0 saturated carbocycles. The van der Waals surface area contributed by atoms with Crippen molar-refractivity contribution >= 4 is 29.2 Å². The average molecular weight is 561 g/mol. The minimum absolute atomic E-state index is 0.0557. The van der Waals surface area contributed by atoms with Crippen molar-refractivity contribution in [1.29, 1.82) is 0 Å². The largest absolute Gasteiger partial charge is 0.491 e. The van der Waals surface area contributed by atoms with Gasteiger partial charge in [0.25, 0.3) is 0 Å². The van der Waals surface area contributed by atoms with E-state index in [0.29, 0.717) is 53.5 Å². The Morgan fingerprint density at radius 3 is 2.11 bits per heavy atom. The van der Waals surface area contributed by atoms with Crippen molar-refractivity contribution in [2.75, 3.05) is 33.2 Å². The maximum atomic E-state index is 12.1. The lowest BCUT2D eigenvalue weighted by atomic mass is 9.99. The molecule has 0 amide bonds. The van der Waals surface area contributed by atoms with Crippen molar-refractivity contribution < 1.29 is 33.2 Å². The molecule has 1 heterocycles. The van der Waals surface area contributed by atoms with E-state index < -0.39 is 12.2 Å². The van der Waals surface area contributed by atoms with Gasteiger partial charge in [0.2, 0.25) is 6.79 Å². The molecule has 0 spiro atoms. The second-order valence-electron chi connectivity index (χ2n) is 8.41.